The lowest BCUT2D eigenvalue weighted by molar-refractivity contribution is 0.0447. The summed E-state index contributed by atoms with van der Waals surface area (Å²) < 4.78 is 24.1. The molecule has 1 unspecified atom stereocenters. The Hall–Kier alpha value is -2.36. The molecule has 0 aliphatic carbocycles. The summed E-state index contributed by atoms with van der Waals surface area (Å²) in [6.45, 7) is 1.77. The van der Waals surface area contributed by atoms with Crippen LogP contribution in [0, 0.1) is 6.92 Å². The normalized spacial score (nSPS) is 11.8. The minimum atomic E-state index is -2.04. The van der Waals surface area contributed by atoms with E-state index >= 15 is 0 Å². The van der Waals surface area contributed by atoms with Gasteiger partial charge in [0, 0.05) is 11.6 Å². The Morgan fingerprint density at radius 1 is 1.15 bits per heavy atom. The number of rotatable bonds is 5. The van der Waals surface area contributed by atoms with Gasteiger partial charge in [0.25, 0.3) is 0 Å². The molecule has 0 aromatic heterocycles. The van der Waals surface area contributed by atoms with Gasteiger partial charge in [-0.2, -0.15) is 4.39 Å². The second kappa shape index (κ2) is 6.19. The molecule has 0 saturated carbocycles. The summed E-state index contributed by atoms with van der Waals surface area (Å²) in [4.78, 5) is 11.9. The Morgan fingerprint density at radius 3 is 2.50 bits per heavy atom. The number of Topliss-reactive ketones (excluding diaryl/α,β-unsaturated/α-hetero) is 1. The zero-order valence-electron chi connectivity index (χ0n) is 11.3. The largest absolute Gasteiger partial charge is 0.497 e. The summed E-state index contributed by atoms with van der Waals surface area (Å²) in [5.41, 5.74) is 1.01. The Bertz CT molecular complexity index is 596. The van der Waals surface area contributed by atoms with E-state index in [-0.39, 0.29) is 5.56 Å². The quantitative estimate of drug-likeness (QED) is 0.782. The van der Waals surface area contributed by atoms with Crippen LogP contribution in [0.15, 0.2) is 48.5 Å². The minimum Gasteiger partial charge on any atom is -0.497 e. The summed E-state index contributed by atoms with van der Waals surface area (Å²) in [5, 5.41) is 0. The number of ether oxygens (including phenoxy) is 2. The smallest absolute Gasteiger partial charge is 0.301 e. The van der Waals surface area contributed by atoms with Gasteiger partial charge in [-0.25, -0.2) is 0 Å². The summed E-state index contributed by atoms with van der Waals surface area (Å²) >= 11 is 0. The van der Waals surface area contributed by atoms with Crippen molar-refractivity contribution < 1.29 is 18.7 Å². The second-order valence-electron chi connectivity index (χ2n) is 4.30. The number of benzene rings is 2. The van der Waals surface area contributed by atoms with Crippen molar-refractivity contribution in [2.24, 2.45) is 0 Å². The fraction of sp³-hybridized carbons (Fsp3) is 0.188. The number of hydrogen-bond donors (Lipinski definition) is 0. The van der Waals surface area contributed by atoms with Crippen LogP contribution in [-0.2, 0) is 0 Å². The molecule has 2 aromatic carbocycles. The maximum absolute atomic E-state index is 14.0. The molecule has 0 radical (unpaired) electrons. The topological polar surface area (TPSA) is 35.5 Å². The zero-order chi connectivity index (χ0) is 14.5. The van der Waals surface area contributed by atoms with Gasteiger partial charge in [-0.15, -0.1) is 0 Å². The first-order chi connectivity index (χ1) is 9.61. The van der Waals surface area contributed by atoms with Crippen molar-refractivity contribution in [3.8, 4) is 11.5 Å². The number of alkyl halides is 1. The molecule has 104 valence electrons. The van der Waals surface area contributed by atoms with Gasteiger partial charge in [-0.3, -0.25) is 4.79 Å². The molecule has 4 heteroatoms. The third kappa shape index (κ3) is 3.15. The molecule has 2 aromatic rings. The highest BCUT2D eigenvalue weighted by atomic mass is 19.1. The van der Waals surface area contributed by atoms with Crippen molar-refractivity contribution in [1.82, 2.24) is 0 Å². The van der Waals surface area contributed by atoms with Crippen LogP contribution in [0.25, 0.3) is 0 Å². The molecule has 2 rings (SSSR count). The van der Waals surface area contributed by atoms with Crippen LogP contribution in [0.4, 0.5) is 4.39 Å². The van der Waals surface area contributed by atoms with Crippen molar-refractivity contribution in [3.63, 3.8) is 0 Å². The van der Waals surface area contributed by atoms with Crippen molar-refractivity contribution in [2.75, 3.05) is 7.11 Å². The molecule has 3 nitrogen and oxygen atoms in total. The fourth-order valence-corrected chi connectivity index (χ4v) is 1.73. The molecule has 0 N–H and O–H groups in total. The Balaban J connectivity index is 2.15. The lowest BCUT2D eigenvalue weighted by Gasteiger charge is -2.13. The van der Waals surface area contributed by atoms with E-state index in [2.05, 4.69) is 0 Å². The molecule has 0 aliphatic rings. The molecule has 1 atom stereocenters. The van der Waals surface area contributed by atoms with Crippen molar-refractivity contribution in [2.45, 2.75) is 13.3 Å². The van der Waals surface area contributed by atoms with Crippen LogP contribution in [-0.4, -0.2) is 19.3 Å². The third-order valence-corrected chi connectivity index (χ3v) is 2.89. The van der Waals surface area contributed by atoms with Crippen molar-refractivity contribution in [1.29, 1.82) is 0 Å². The van der Waals surface area contributed by atoms with Crippen LogP contribution in [0.5, 0.6) is 11.5 Å². The Morgan fingerprint density at radius 2 is 1.85 bits per heavy atom. The second-order valence-corrected chi connectivity index (χ2v) is 4.30. The highest BCUT2D eigenvalue weighted by Gasteiger charge is 2.21. The number of hydrogen-bond acceptors (Lipinski definition) is 3. The van der Waals surface area contributed by atoms with Gasteiger partial charge in [0.1, 0.15) is 11.5 Å². The number of methoxy groups -OCH3 is 1. The van der Waals surface area contributed by atoms with E-state index in [1.807, 2.05) is 0 Å². The molecule has 0 heterocycles. The molecular weight excluding hydrogens is 259 g/mol. The average molecular weight is 274 g/mol. The minimum absolute atomic E-state index is 0.278. The SMILES string of the molecule is COc1ccc(C)c(OC(F)C(=O)c2ccccc2)c1. The maximum Gasteiger partial charge on any atom is 0.301 e. The third-order valence-electron chi connectivity index (χ3n) is 2.89. The predicted octanol–water partition coefficient (Wildman–Crippen LogP) is 3.56. The summed E-state index contributed by atoms with van der Waals surface area (Å²) in [7, 11) is 1.51. The average Bonchev–Trinajstić information content (AvgIpc) is 2.49. The maximum atomic E-state index is 14.0. The number of aryl methyl sites for hydroxylation is 1. The van der Waals surface area contributed by atoms with Gasteiger partial charge in [-0.1, -0.05) is 36.4 Å². The Kier molecular flexibility index (Phi) is 4.35. The first-order valence-electron chi connectivity index (χ1n) is 6.16. The number of carbonyl (C=O) groups is 1. The van der Waals surface area contributed by atoms with Gasteiger partial charge in [-0.05, 0) is 18.6 Å². The van der Waals surface area contributed by atoms with Gasteiger partial charge in [0.05, 0.1) is 7.11 Å². The van der Waals surface area contributed by atoms with E-state index in [9.17, 15) is 9.18 Å². The molecule has 0 fully saturated rings. The van der Waals surface area contributed by atoms with Gasteiger partial charge >= 0.3 is 6.36 Å². The number of ketones is 1. The first kappa shape index (κ1) is 14.1. The van der Waals surface area contributed by atoms with E-state index in [4.69, 9.17) is 9.47 Å². The summed E-state index contributed by atoms with van der Waals surface area (Å²) in [5.74, 6) is 0.138. The molecule has 0 aliphatic heterocycles. The standard InChI is InChI=1S/C16H15FO3/c1-11-8-9-13(19-2)10-14(11)20-16(17)15(18)12-6-4-3-5-7-12/h3-10,16H,1-2H3. The Labute approximate surface area is 117 Å². The number of halogens is 1. The van der Waals surface area contributed by atoms with Gasteiger partial charge in [0.2, 0.25) is 5.78 Å². The number of carbonyl (C=O) groups excluding carboxylic acids is 1. The van der Waals surface area contributed by atoms with Gasteiger partial charge in [0.15, 0.2) is 0 Å². The van der Waals surface area contributed by atoms with E-state index in [1.165, 1.54) is 7.11 Å². The van der Waals surface area contributed by atoms with Crippen LogP contribution in [0.1, 0.15) is 15.9 Å². The first-order valence-corrected chi connectivity index (χ1v) is 6.16. The van der Waals surface area contributed by atoms with Gasteiger partial charge < -0.3 is 9.47 Å². The van der Waals surface area contributed by atoms with E-state index in [0.29, 0.717) is 11.5 Å². The van der Waals surface area contributed by atoms with E-state index in [1.54, 1.807) is 55.5 Å². The molecular formula is C16H15FO3. The molecule has 0 saturated heterocycles. The molecule has 0 bridgehead atoms. The van der Waals surface area contributed by atoms with Crippen LogP contribution < -0.4 is 9.47 Å². The fourth-order valence-electron chi connectivity index (χ4n) is 1.73. The van der Waals surface area contributed by atoms with E-state index in [0.717, 1.165) is 5.56 Å². The van der Waals surface area contributed by atoms with Crippen LogP contribution in [0.3, 0.4) is 0 Å². The predicted molar refractivity (Wildman–Crippen MR) is 74.0 cm³/mol. The van der Waals surface area contributed by atoms with E-state index < -0.39 is 12.1 Å². The molecule has 0 amide bonds. The van der Waals surface area contributed by atoms with Crippen LogP contribution in [0.2, 0.25) is 0 Å². The summed E-state index contributed by atoms with van der Waals surface area (Å²) in [6, 6.07) is 13.3. The highest BCUT2D eigenvalue weighted by Crippen LogP contribution is 2.25. The van der Waals surface area contributed by atoms with Crippen LogP contribution >= 0.6 is 0 Å². The highest BCUT2D eigenvalue weighted by molar-refractivity contribution is 5.98. The molecule has 20 heavy (non-hydrogen) atoms. The van der Waals surface area contributed by atoms with Crippen molar-refractivity contribution >= 4 is 5.78 Å². The monoisotopic (exact) mass is 274 g/mol. The molecule has 0 spiro atoms. The van der Waals surface area contributed by atoms with Crippen molar-refractivity contribution in [3.05, 3.63) is 59.7 Å². The lowest BCUT2D eigenvalue weighted by atomic mass is 10.1. The lowest BCUT2D eigenvalue weighted by Crippen LogP contribution is -2.22. The summed E-state index contributed by atoms with van der Waals surface area (Å²) in [6.07, 6.45) is -2.04. The zero-order valence-corrected chi connectivity index (χ0v) is 11.3.